The zero-order valence-electron chi connectivity index (χ0n) is 12.9. The van der Waals surface area contributed by atoms with Crippen LogP contribution in [0, 0.1) is 6.92 Å². The molecule has 8 heteroatoms. The van der Waals surface area contributed by atoms with Crippen LogP contribution in [0.4, 0.5) is 0 Å². The van der Waals surface area contributed by atoms with Gasteiger partial charge in [-0.1, -0.05) is 24.3 Å². The van der Waals surface area contributed by atoms with Crippen LogP contribution in [0.25, 0.3) is 0 Å². The van der Waals surface area contributed by atoms with Gasteiger partial charge < -0.3 is 9.30 Å². The molecule has 0 unspecified atom stereocenters. The largest absolute Gasteiger partial charge is 0.372 e. The Hall–Kier alpha value is -2.61. The fraction of sp³-hybridized carbons (Fsp3) is 0.400. The minimum Gasteiger partial charge on any atom is -0.372 e. The molecule has 3 heterocycles. The molecule has 0 radical (unpaired) electrons. The van der Waals surface area contributed by atoms with Gasteiger partial charge in [0.15, 0.2) is 17.5 Å². The van der Waals surface area contributed by atoms with Crippen LogP contribution in [0.5, 0.6) is 0 Å². The Balaban J connectivity index is 1.50. The van der Waals surface area contributed by atoms with Crippen LogP contribution in [0.3, 0.4) is 0 Å². The van der Waals surface area contributed by atoms with E-state index < -0.39 is 0 Å². The van der Waals surface area contributed by atoms with E-state index in [0.29, 0.717) is 32.0 Å². The van der Waals surface area contributed by atoms with E-state index in [1.807, 2.05) is 12.1 Å². The van der Waals surface area contributed by atoms with Crippen LogP contribution in [0.1, 0.15) is 28.6 Å². The normalized spacial score (nSPS) is 14.0. The lowest BCUT2D eigenvalue weighted by atomic mass is 10.1. The van der Waals surface area contributed by atoms with Crippen molar-refractivity contribution < 1.29 is 4.74 Å². The van der Waals surface area contributed by atoms with Gasteiger partial charge in [-0.3, -0.25) is 0 Å². The second kappa shape index (κ2) is 5.88. The molecule has 1 aliphatic heterocycles. The third-order valence-corrected chi connectivity index (χ3v) is 3.98. The van der Waals surface area contributed by atoms with Gasteiger partial charge in [-0.15, -0.1) is 20.4 Å². The molecule has 0 bridgehead atoms. The second-order valence-electron chi connectivity index (χ2n) is 5.58. The predicted octanol–water partition coefficient (Wildman–Crippen LogP) is 0.742. The van der Waals surface area contributed by atoms with Crippen molar-refractivity contribution in [2.75, 3.05) is 6.61 Å². The maximum Gasteiger partial charge on any atom is 0.179 e. The Bertz CT molecular complexity index is 823. The van der Waals surface area contributed by atoms with E-state index in [9.17, 15) is 0 Å². The Labute approximate surface area is 133 Å². The fourth-order valence-corrected chi connectivity index (χ4v) is 2.69. The van der Waals surface area contributed by atoms with Gasteiger partial charge in [0.25, 0.3) is 0 Å². The standard InChI is InChI=1S/C15H17N7O/c1-11-4-2-3-5-12(11)8-13-16-20-22(19-13)9-14-17-18-15-10-23-7-6-21(14)15/h2-5H,6-10H2,1H3. The van der Waals surface area contributed by atoms with Crippen molar-refractivity contribution in [3.63, 3.8) is 0 Å². The monoisotopic (exact) mass is 311 g/mol. The lowest BCUT2D eigenvalue weighted by Gasteiger charge is -2.14. The summed E-state index contributed by atoms with van der Waals surface area (Å²) in [6, 6.07) is 8.23. The van der Waals surface area contributed by atoms with Crippen LogP contribution in [0.15, 0.2) is 24.3 Å². The molecule has 0 fully saturated rings. The number of ether oxygens (including phenoxy) is 1. The highest BCUT2D eigenvalue weighted by molar-refractivity contribution is 5.27. The first-order chi connectivity index (χ1) is 11.3. The van der Waals surface area contributed by atoms with E-state index >= 15 is 0 Å². The van der Waals surface area contributed by atoms with Crippen LogP contribution < -0.4 is 0 Å². The molecule has 0 saturated carbocycles. The van der Waals surface area contributed by atoms with Gasteiger partial charge in [-0.05, 0) is 23.3 Å². The predicted molar refractivity (Wildman–Crippen MR) is 80.6 cm³/mol. The van der Waals surface area contributed by atoms with Gasteiger partial charge in [0, 0.05) is 13.0 Å². The van der Waals surface area contributed by atoms with Crippen molar-refractivity contribution in [1.29, 1.82) is 0 Å². The van der Waals surface area contributed by atoms with Crippen molar-refractivity contribution in [2.45, 2.75) is 33.0 Å². The van der Waals surface area contributed by atoms with Gasteiger partial charge >= 0.3 is 0 Å². The lowest BCUT2D eigenvalue weighted by Crippen LogP contribution is -2.20. The summed E-state index contributed by atoms with van der Waals surface area (Å²) in [4.78, 5) is 1.57. The molecular weight excluding hydrogens is 294 g/mol. The first-order valence-electron chi connectivity index (χ1n) is 7.59. The molecular formula is C15H17N7O. The van der Waals surface area contributed by atoms with Crippen LogP contribution >= 0.6 is 0 Å². The molecule has 0 spiro atoms. The zero-order chi connectivity index (χ0) is 15.6. The number of hydrogen-bond donors (Lipinski definition) is 0. The molecule has 118 valence electrons. The van der Waals surface area contributed by atoms with E-state index in [-0.39, 0.29) is 0 Å². The number of nitrogens with zero attached hydrogens (tertiary/aromatic N) is 7. The number of rotatable bonds is 4. The smallest absolute Gasteiger partial charge is 0.179 e. The average Bonchev–Trinajstić information content (AvgIpc) is 3.18. The second-order valence-corrected chi connectivity index (χ2v) is 5.58. The topological polar surface area (TPSA) is 83.5 Å². The molecule has 0 N–H and O–H groups in total. The summed E-state index contributed by atoms with van der Waals surface area (Å²) < 4.78 is 7.43. The van der Waals surface area contributed by atoms with Crippen molar-refractivity contribution in [2.24, 2.45) is 0 Å². The number of aromatic nitrogens is 7. The summed E-state index contributed by atoms with van der Waals surface area (Å²) in [5, 5.41) is 21.1. The molecule has 3 aromatic rings. The quantitative estimate of drug-likeness (QED) is 0.707. The SMILES string of the molecule is Cc1ccccc1Cc1nnn(Cc2nnc3n2CCOC3)n1. The molecule has 0 aliphatic carbocycles. The highest BCUT2D eigenvalue weighted by Crippen LogP contribution is 2.12. The van der Waals surface area contributed by atoms with Gasteiger partial charge in [0.05, 0.1) is 6.61 Å². The molecule has 1 aliphatic rings. The van der Waals surface area contributed by atoms with Gasteiger partial charge in [0.2, 0.25) is 0 Å². The molecule has 8 nitrogen and oxygen atoms in total. The molecule has 2 aromatic heterocycles. The van der Waals surface area contributed by atoms with Crippen molar-refractivity contribution in [3.8, 4) is 0 Å². The highest BCUT2D eigenvalue weighted by atomic mass is 16.5. The lowest BCUT2D eigenvalue weighted by molar-refractivity contribution is 0.0804. The Kier molecular flexibility index (Phi) is 3.58. The Morgan fingerprint density at radius 3 is 3.00 bits per heavy atom. The Morgan fingerprint density at radius 2 is 2.09 bits per heavy atom. The molecule has 23 heavy (non-hydrogen) atoms. The number of fused-ring (bicyclic) bond motifs is 1. The minimum absolute atomic E-state index is 0.466. The number of aryl methyl sites for hydroxylation is 1. The molecule has 4 rings (SSSR count). The molecule has 1 aromatic carbocycles. The Morgan fingerprint density at radius 1 is 1.17 bits per heavy atom. The first-order valence-corrected chi connectivity index (χ1v) is 7.59. The van der Waals surface area contributed by atoms with Gasteiger partial charge in [0.1, 0.15) is 13.2 Å². The number of hydrogen-bond acceptors (Lipinski definition) is 6. The van der Waals surface area contributed by atoms with E-state index in [1.54, 1.807) is 4.80 Å². The third-order valence-electron chi connectivity index (χ3n) is 3.98. The van der Waals surface area contributed by atoms with Crippen molar-refractivity contribution >= 4 is 0 Å². The first kappa shape index (κ1) is 14.0. The zero-order valence-corrected chi connectivity index (χ0v) is 12.9. The summed E-state index contributed by atoms with van der Waals surface area (Å²) in [6.45, 7) is 4.51. The summed E-state index contributed by atoms with van der Waals surface area (Å²) in [5.74, 6) is 2.40. The molecule has 0 amide bonds. The van der Waals surface area contributed by atoms with Gasteiger partial charge in [-0.2, -0.15) is 4.80 Å². The van der Waals surface area contributed by atoms with Gasteiger partial charge in [-0.25, -0.2) is 0 Å². The van der Waals surface area contributed by atoms with E-state index in [1.165, 1.54) is 11.1 Å². The van der Waals surface area contributed by atoms with Crippen LogP contribution in [-0.2, 0) is 30.9 Å². The average molecular weight is 311 g/mol. The summed E-state index contributed by atoms with van der Waals surface area (Å²) in [7, 11) is 0. The summed E-state index contributed by atoms with van der Waals surface area (Å²) >= 11 is 0. The maximum atomic E-state index is 5.37. The van der Waals surface area contributed by atoms with E-state index in [4.69, 9.17) is 4.74 Å². The van der Waals surface area contributed by atoms with Crippen LogP contribution in [-0.4, -0.2) is 41.6 Å². The highest BCUT2D eigenvalue weighted by Gasteiger charge is 2.17. The van der Waals surface area contributed by atoms with Crippen LogP contribution in [0.2, 0.25) is 0 Å². The summed E-state index contributed by atoms with van der Waals surface area (Å²) in [6.07, 6.45) is 0.679. The fourth-order valence-electron chi connectivity index (χ4n) is 2.69. The number of tetrazole rings is 1. The third kappa shape index (κ3) is 2.85. The van der Waals surface area contributed by atoms with E-state index in [0.717, 1.165) is 18.2 Å². The maximum absolute atomic E-state index is 5.37. The number of benzene rings is 1. The summed E-state index contributed by atoms with van der Waals surface area (Å²) in [5.41, 5.74) is 2.44. The van der Waals surface area contributed by atoms with E-state index in [2.05, 4.69) is 49.2 Å². The molecule has 0 saturated heterocycles. The minimum atomic E-state index is 0.466. The van der Waals surface area contributed by atoms with Crippen molar-refractivity contribution in [1.82, 2.24) is 35.0 Å². The molecule has 0 atom stereocenters. The van der Waals surface area contributed by atoms with Crippen molar-refractivity contribution in [3.05, 3.63) is 52.9 Å².